The summed E-state index contributed by atoms with van der Waals surface area (Å²) in [5, 5.41) is 11.0. The van der Waals surface area contributed by atoms with Gasteiger partial charge in [0.25, 0.3) is 0 Å². The number of nitrogens with one attached hydrogen (secondary N) is 2. The van der Waals surface area contributed by atoms with E-state index in [9.17, 15) is 4.79 Å². The van der Waals surface area contributed by atoms with Crippen molar-refractivity contribution >= 4 is 11.7 Å². The van der Waals surface area contributed by atoms with Gasteiger partial charge in [-0.15, -0.1) is 0 Å². The number of nitrogens with zero attached hydrogens (tertiary/aromatic N) is 2. The Morgan fingerprint density at radius 3 is 2.91 bits per heavy atom. The Bertz CT molecular complexity index is 707. The molecule has 0 radical (unpaired) electrons. The van der Waals surface area contributed by atoms with E-state index in [4.69, 9.17) is 0 Å². The van der Waals surface area contributed by atoms with Gasteiger partial charge < -0.3 is 10.6 Å². The molecule has 0 saturated carbocycles. The van der Waals surface area contributed by atoms with Crippen molar-refractivity contribution in [3.8, 4) is 11.3 Å². The number of carbonyl (C=O) groups excluding carboxylic acids is 1. The molecule has 0 bridgehead atoms. The highest BCUT2D eigenvalue weighted by Gasteiger charge is 2.25. The molecule has 5 nitrogen and oxygen atoms in total. The maximum Gasteiger partial charge on any atom is 0.228 e. The van der Waals surface area contributed by atoms with Gasteiger partial charge in [0.05, 0.1) is 5.69 Å². The SMILES string of the molecule is Cc1ccccc1-c1cc(NC(=O)[C@H]2CCN[C@@H](C)C2)n(C)n1. The molecular formula is C18H24N4O. The Morgan fingerprint density at radius 2 is 2.17 bits per heavy atom. The first-order valence-corrected chi connectivity index (χ1v) is 8.19. The van der Waals surface area contributed by atoms with Crippen molar-refractivity contribution in [1.82, 2.24) is 15.1 Å². The minimum absolute atomic E-state index is 0.0723. The van der Waals surface area contributed by atoms with Crippen LogP contribution in [-0.2, 0) is 11.8 Å². The predicted octanol–water partition coefficient (Wildman–Crippen LogP) is 2.72. The fraction of sp³-hybridized carbons (Fsp3) is 0.444. The Morgan fingerprint density at radius 1 is 1.39 bits per heavy atom. The normalized spacial score (nSPS) is 21.2. The van der Waals surface area contributed by atoms with Gasteiger partial charge in [0.1, 0.15) is 5.82 Å². The molecule has 2 heterocycles. The van der Waals surface area contributed by atoms with E-state index < -0.39 is 0 Å². The molecule has 3 rings (SSSR count). The molecule has 2 atom stereocenters. The second kappa shape index (κ2) is 6.54. The molecule has 1 aromatic heterocycles. The molecule has 5 heteroatoms. The van der Waals surface area contributed by atoms with E-state index in [0.29, 0.717) is 6.04 Å². The third kappa shape index (κ3) is 3.45. The Balaban J connectivity index is 1.76. The van der Waals surface area contributed by atoms with Crippen molar-refractivity contribution in [3.63, 3.8) is 0 Å². The lowest BCUT2D eigenvalue weighted by Gasteiger charge is -2.26. The number of carbonyl (C=O) groups is 1. The molecule has 0 spiro atoms. The standard InChI is InChI=1S/C18H24N4O/c1-12-6-4-5-7-15(12)16-11-17(22(3)21-16)20-18(23)14-8-9-19-13(2)10-14/h4-7,11,13-14,19H,8-10H2,1-3H3,(H,20,23)/t13-,14-/m0/s1. The van der Waals surface area contributed by atoms with E-state index in [1.54, 1.807) is 4.68 Å². The Kier molecular flexibility index (Phi) is 4.48. The third-order valence-corrected chi connectivity index (χ3v) is 4.55. The van der Waals surface area contributed by atoms with Crippen LogP contribution in [0.5, 0.6) is 0 Å². The van der Waals surface area contributed by atoms with Gasteiger partial charge in [0, 0.05) is 30.6 Å². The summed E-state index contributed by atoms with van der Waals surface area (Å²) in [5.41, 5.74) is 3.16. The highest BCUT2D eigenvalue weighted by molar-refractivity contribution is 5.92. The topological polar surface area (TPSA) is 59.0 Å². The van der Waals surface area contributed by atoms with E-state index in [-0.39, 0.29) is 11.8 Å². The molecular weight excluding hydrogens is 288 g/mol. The monoisotopic (exact) mass is 312 g/mol. The molecule has 2 N–H and O–H groups in total. The summed E-state index contributed by atoms with van der Waals surface area (Å²) in [5.74, 6) is 0.917. The Hall–Kier alpha value is -2.14. The van der Waals surface area contributed by atoms with Crippen molar-refractivity contribution in [2.45, 2.75) is 32.7 Å². The van der Waals surface area contributed by atoms with Crippen LogP contribution in [0.15, 0.2) is 30.3 Å². The summed E-state index contributed by atoms with van der Waals surface area (Å²) in [6.45, 7) is 5.09. The molecule has 122 valence electrons. The number of amides is 1. The van der Waals surface area contributed by atoms with Gasteiger partial charge in [-0.3, -0.25) is 9.48 Å². The number of aromatic nitrogens is 2. The van der Waals surface area contributed by atoms with E-state index in [1.807, 2.05) is 25.2 Å². The minimum atomic E-state index is 0.0723. The smallest absolute Gasteiger partial charge is 0.228 e. The van der Waals surface area contributed by atoms with Crippen LogP contribution >= 0.6 is 0 Å². The molecule has 2 aromatic rings. The van der Waals surface area contributed by atoms with E-state index in [2.05, 4.69) is 41.7 Å². The number of hydrogen-bond acceptors (Lipinski definition) is 3. The zero-order chi connectivity index (χ0) is 16.4. The van der Waals surface area contributed by atoms with Crippen LogP contribution in [0.25, 0.3) is 11.3 Å². The lowest BCUT2D eigenvalue weighted by atomic mass is 9.92. The van der Waals surface area contributed by atoms with Gasteiger partial charge >= 0.3 is 0 Å². The van der Waals surface area contributed by atoms with E-state index in [1.165, 1.54) is 5.56 Å². The highest BCUT2D eigenvalue weighted by Crippen LogP contribution is 2.25. The van der Waals surface area contributed by atoms with Crippen LogP contribution < -0.4 is 10.6 Å². The maximum atomic E-state index is 12.5. The zero-order valence-electron chi connectivity index (χ0n) is 14.0. The first-order valence-electron chi connectivity index (χ1n) is 8.19. The summed E-state index contributed by atoms with van der Waals surface area (Å²) in [6.07, 6.45) is 1.77. The molecule has 1 aliphatic rings. The summed E-state index contributed by atoms with van der Waals surface area (Å²) in [4.78, 5) is 12.5. The number of aryl methyl sites for hydroxylation is 2. The van der Waals surface area contributed by atoms with Gasteiger partial charge in [0.15, 0.2) is 0 Å². The van der Waals surface area contributed by atoms with Gasteiger partial charge in [-0.1, -0.05) is 24.3 Å². The first-order chi connectivity index (χ1) is 11.0. The van der Waals surface area contributed by atoms with Crippen LogP contribution in [0, 0.1) is 12.8 Å². The molecule has 1 aliphatic heterocycles. The number of benzene rings is 1. The van der Waals surface area contributed by atoms with E-state index in [0.717, 1.165) is 36.5 Å². The number of rotatable bonds is 3. The third-order valence-electron chi connectivity index (χ3n) is 4.55. The first kappa shape index (κ1) is 15.7. The predicted molar refractivity (Wildman–Crippen MR) is 92.2 cm³/mol. The van der Waals surface area contributed by atoms with E-state index >= 15 is 0 Å². The number of anilines is 1. The fourth-order valence-electron chi connectivity index (χ4n) is 3.17. The van der Waals surface area contributed by atoms with Crippen molar-refractivity contribution in [2.75, 3.05) is 11.9 Å². The van der Waals surface area contributed by atoms with Gasteiger partial charge in [-0.25, -0.2) is 0 Å². The summed E-state index contributed by atoms with van der Waals surface area (Å²) in [7, 11) is 1.86. The van der Waals surface area contributed by atoms with Crippen molar-refractivity contribution in [1.29, 1.82) is 0 Å². The van der Waals surface area contributed by atoms with Crippen LogP contribution in [0.4, 0.5) is 5.82 Å². The van der Waals surface area contributed by atoms with Gasteiger partial charge in [-0.2, -0.15) is 5.10 Å². The molecule has 1 fully saturated rings. The second-order valence-electron chi connectivity index (χ2n) is 6.42. The van der Waals surface area contributed by atoms with Gasteiger partial charge in [0.2, 0.25) is 5.91 Å². The summed E-state index contributed by atoms with van der Waals surface area (Å²) in [6, 6.07) is 10.5. The average Bonchev–Trinajstić information content (AvgIpc) is 2.88. The molecule has 23 heavy (non-hydrogen) atoms. The lowest BCUT2D eigenvalue weighted by molar-refractivity contribution is -0.120. The largest absolute Gasteiger partial charge is 0.314 e. The number of piperidine rings is 1. The molecule has 1 aromatic carbocycles. The quantitative estimate of drug-likeness (QED) is 0.916. The maximum absolute atomic E-state index is 12.5. The van der Waals surface area contributed by atoms with Crippen molar-refractivity contribution in [3.05, 3.63) is 35.9 Å². The molecule has 0 unspecified atom stereocenters. The van der Waals surface area contributed by atoms with Crippen LogP contribution in [0.1, 0.15) is 25.3 Å². The fourth-order valence-corrected chi connectivity index (χ4v) is 3.17. The summed E-state index contributed by atoms with van der Waals surface area (Å²) >= 11 is 0. The lowest BCUT2D eigenvalue weighted by Crippen LogP contribution is -2.40. The second-order valence-corrected chi connectivity index (χ2v) is 6.42. The van der Waals surface area contributed by atoms with Crippen molar-refractivity contribution in [2.24, 2.45) is 13.0 Å². The minimum Gasteiger partial charge on any atom is -0.314 e. The van der Waals surface area contributed by atoms with Crippen LogP contribution in [-0.4, -0.2) is 28.3 Å². The van der Waals surface area contributed by atoms with Crippen LogP contribution in [0.3, 0.4) is 0 Å². The molecule has 0 aliphatic carbocycles. The van der Waals surface area contributed by atoms with Crippen LogP contribution in [0.2, 0.25) is 0 Å². The summed E-state index contributed by atoms with van der Waals surface area (Å²) < 4.78 is 1.74. The highest BCUT2D eigenvalue weighted by atomic mass is 16.2. The van der Waals surface area contributed by atoms with Crippen molar-refractivity contribution < 1.29 is 4.79 Å². The number of hydrogen-bond donors (Lipinski definition) is 2. The zero-order valence-corrected chi connectivity index (χ0v) is 14.0. The molecule has 1 saturated heterocycles. The Labute approximate surface area is 137 Å². The van der Waals surface area contributed by atoms with Gasteiger partial charge in [-0.05, 0) is 38.8 Å². The average molecular weight is 312 g/mol. The molecule has 1 amide bonds.